The summed E-state index contributed by atoms with van der Waals surface area (Å²) in [5.41, 5.74) is 4.09. The molecule has 0 saturated carbocycles. The molecule has 0 aromatic heterocycles. The molecule has 0 fully saturated rings. The monoisotopic (exact) mass is 404 g/mol. The molecule has 1 atom stereocenters. The van der Waals surface area contributed by atoms with E-state index < -0.39 is 22.0 Å². The third kappa shape index (κ3) is 5.04. The van der Waals surface area contributed by atoms with Crippen LogP contribution in [-0.2, 0) is 14.8 Å². The Balaban J connectivity index is 2.33. The van der Waals surface area contributed by atoms with Gasteiger partial charge in [-0.3, -0.25) is 9.10 Å². The first kappa shape index (κ1) is 21.8. The lowest BCUT2D eigenvalue weighted by Crippen LogP contribution is -2.45. The van der Waals surface area contributed by atoms with Crippen molar-refractivity contribution in [2.45, 2.75) is 40.7 Å². The van der Waals surface area contributed by atoms with Gasteiger partial charge in [-0.15, -0.1) is 0 Å². The summed E-state index contributed by atoms with van der Waals surface area (Å²) in [4.78, 5) is 12.9. The number of anilines is 2. The fourth-order valence-electron chi connectivity index (χ4n) is 3.27. The Hall–Kier alpha value is -2.54. The Morgan fingerprint density at radius 2 is 1.64 bits per heavy atom. The maximum Gasteiger partial charge on any atom is 0.248 e. The van der Waals surface area contributed by atoms with Gasteiger partial charge in [0.15, 0.2) is 0 Å². The van der Waals surface area contributed by atoms with Crippen molar-refractivity contribution in [2.75, 3.05) is 22.5 Å². The van der Waals surface area contributed by atoms with Crippen LogP contribution in [0.5, 0.6) is 5.75 Å². The maximum absolute atomic E-state index is 12.9. The van der Waals surface area contributed by atoms with Gasteiger partial charge in [-0.2, -0.15) is 0 Å². The predicted octanol–water partition coefficient (Wildman–Crippen LogP) is 3.80. The van der Waals surface area contributed by atoms with E-state index in [2.05, 4.69) is 5.32 Å². The van der Waals surface area contributed by atoms with Gasteiger partial charge in [-0.25, -0.2) is 8.42 Å². The van der Waals surface area contributed by atoms with Crippen LogP contribution in [0.3, 0.4) is 0 Å². The van der Waals surface area contributed by atoms with Crippen LogP contribution in [0, 0.1) is 20.8 Å². The molecule has 0 radical (unpaired) electrons. The number of sulfonamides is 1. The molecule has 7 heteroatoms. The molecule has 2 aromatic rings. The molecule has 0 aliphatic carbocycles. The van der Waals surface area contributed by atoms with Gasteiger partial charge < -0.3 is 10.1 Å². The first-order chi connectivity index (χ1) is 13.0. The van der Waals surface area contributed by atoms with E-state index in [1.54, 1.807) is 31.2 Å². The number of rotatable bonds is 7. The minimum absolute atomic E-state index is 0.394. The highest BCUT2D eigenvalue weighted by Crippen LogP contribution is 2.26. The SMILES string of the molecule is CCOc1ccc(N([C@@H](C)C(=O)Nc2c(C)cc(C)cc2C)S(C)(=O)=O)cc1. The van der Waals surface area contributed by atoms with Gasteiger partial charge in [0.05, 0.1) is 18.6 Å². The zero-order valence-corrected chi connectivity index (χ0v) is 18.1. The lowest BCUT2D eigenvalue weighted by Gasteiger charge is -2.28. The van der Waals surface area contributed by atoms with Crippen molar-refractivity contribution in [3.63, 3.8) is 0 Å². The van der Waals surface area contributed by atoms with Gasteiger partial charge in [-0.1, -0.05) is 17.7 Å². The van der Waals surface area contributed by atoms with E-state index >= 15 is 0 Å². The minimum Gasteiger partial charge on any atom is -0.494 e. The molecule has 0 unspecified atom stereocenters. The first-order valence-corrected chi connectivity index (χ1v) is 11.0. The number of hydrogen-bond donors (Lipinski definition) is 1. The van der Waals surface area contributed by atoms with Crippen LogP contribution in [0.2, 0.25) is 0 Å². The van der Waals surface area contributed by atoms with Crippen molar-refractivity contribution < 1.29 is 17.9 Å². The summed E-state index contributed by atoms with van der Waals surface area (Å²) in [6, 6.07) is 9.69. The minimum atomic E-state index is -3.67. The molecular weight excluding hydrogens is 376 g/mol. The number of carbonyl (C=O) groups is 1. The van der Waals surface area contributed by atoms with E-state index in [4.69, 9.17) is 4.74 Å². The largest absolute Gasteiger partial charge is 0.494 e. The van der Waals surface area contributed by atoms with Gasteiger partial charge in [-0.05, 0) is 70.0 Å². The van der Waals surface area contributed by atoms with Crippen molar-refractivity contribution in [1.29, 1.82) is 0 Å². The Morgan fingerprint density at radius 3 is 2.11 bits per heavy atom. The van der Waals surface area contributed by atoms with Crippen molar-refractivity contribution in [1.82, 2.24) is 0 Å². The summed E-state index contributed by atoms with van der Waals surface area (Å²) < 4.78 is 31.4. The van der Waals surface area contributed by atoms with Crippen LogP contribution in [0.4, 0.5) is 11.4 Å². The number of aryl methyl sites for hydroxylation is 3. The summed E-state index contributed by atoms with van der Waals surface area (Å²) in [5, 5.41) is 2.89. The van der Waals surface area contributed by atoms with E-state index in [1.807, 2.05) is 39.8 Å². The summed E-state index contributed by atoms with van der Waals surface area (Å²) in [6.07, 6.45) is 1.09. The van der Waals surface area contributed by atoms with E-state index in [1.165, 1.54) is 0 Å². The zero-order valence-electron chi connectivity index (χ0n) is 17.2. The molecule has 6 nitrogen and oxygen atoms in total. The van der Waals surface area contributed by atoms with Gasteiger partial charge in [0.25, 0.3) is 0 Å². The molecule has 1 N–H and O–H groups in total. The second-order valence-corrected chi connectivity index (χ2v) is 8.78. The van der Waals surface area contributed by atoms with E-state index in [0.29, 0.717) is 23.7 Å². The zero-order chi connectivity index (χ0) is 21.1. The van der Waals surface area contributed by atoms with Crippen LogP contribution in [0.15, 0.2) is 36.4 Å². The predicted molar refractivity (Wildman–Crippen MR) is 114 cm³/mol. The Morgan fingerprint density at radius 1 is 1.11 bits per heavy atom. The van der Waals surface area contributed by atoms with Crippen LogP contribution in [-0.4, -0.2) is 33.2 Å². The highest BCUT2D eigenvalue weighted by atomic mass is 32.2. The van der Waals surface area contributed by atoms with Crippen molar-refractivity contribution in [3.8, 4) is 5.75 Å². The van der Waals surface area contributed by atoms with E-state index in [0.717, 1.165) is 27.3 Å². The van der Waals surface area contributed by atoms with Gasteiger partial charge >= 0.3 is 0 Å². The molecule has 0 heterocycles. The molecule has 0 spiro atoms. The fraction of sp³-hybridized carbons (Fsp3) is 0.381. The lowest BCUT2D eigenvalue weighted by atomic mass is 10.0. The second-order valence-electron chi connectivity index (χ2n) is 6.92. The molecule has 0 aliphatic rings. The molecule has 2 rings (SSSR count). The van der Waals surface area contributed by atoms with E-state index in [-0.39, 0.29) is 0 Å². The van der Waals surface area contributed by atoms with Crippen LogP contribution < -0.4 is 14.4 Å². The van der Waals surface area contributed by atoms with Crippen molar-refractivity contribution in [2.24, 2.45) is 0 Å². The lowest BCUT2D eigenvalue weighted by molar-refractivity contribution is -0.116. The molecular formula is C21H28N2O4S. The highest BCUT2D eigenvalue weighted by Gasteiger charge is 2.29. The average molecular weight is 405 g/mol. The fourth-order valence-corrected chi connectivity index (χ4v) is 4.44. The second kappa shape index (κ2) is 8.65. The maximum atomic E-state index is 12.9. The molecule has 0 saturated heterocycles. The third-order valence-electron chi connectivity index (χ3n) is 4.42. The number of ether oxygens (including phenoxy) is 1. The van der Waals surface area contributed by atoms with Crippen LogP contribution >= 0.6 is 0 Å². The topological polar surface area (TPSA) is 75.7 Å². The molecule has 0 bridgehead atoms. The summed E-state index contributed by atoms with van der Waals surface area (Å²) >= 11 is 0. The Labute approximate surface area is 167 Å². The third-order valence-corrected chi connectivity index (χ3v) is 5.66. The molecule has 2 aromatic carbocycles. The quantitative estimate of drug-likeness (QED) is 0.761. The molecule has 0 aliphatic heterocycles. The number of nitrogens with one attached hydrogen (secondary N) is 1. The Bertz CT molecular complexity index is 930. The number of hydrogen-bond acceptors (Lipinski definition) is 4. The highest BCUT2D eigenvalue weighted by molar-refractivity contribution is 7.92. The summed E-state index contributed by atoms with van der Waals surface area (Å²) in [7, 11) is -3.67. The van der Waals surface area contributed by atoms with Crippen LogP contribution in [0.25, 0.3) is 0 Å². The normalized spacial score (nSPS) is 12.4. The summed E-state index contributed by atoms with van der Waals surface area (Å²) in [5.74, 6) is 0.247. The average Bonchev–Trinajstić information content (AvgIpc) is 2.58. The molecule has 152 valence electrons. The molecule has 28 heavy (non-hydrogen) atoms. The number of amides is 1. The van der Waals surface area contributed by atoms with Crippen LogP contribution in [0.1, 0.15) is 30.5 Å². The smallest absolute Gasteiger partial charge is 0.248 e. The van der Waals surface area contributed by atoms with Crippen molar-refractivity contribution in [3.05, 3.63) is 53.1 Å². The number of carbonyl (C=O) groups excluding carboxylic acids is 1. The van der Waals surface area contributed by atoms with Gasteiger partial charge in [0.1, 0.15) is 11.8 Å². The number of nitrogens with zero attached hydrogens (tertiary/aromatic N) is 1. The summed E-state index contributed by atoms with van der Waals surface area (Å²) in [6.45, 7) is 9.79. The van der Waals surface area contributed by atoms with Crippen molar-refractivity contribution >= 4 is 27.3 Å². The van der Waals surface area contributed by atoms with Gasteiger partial charge in [0.2, 0.25) is 15.9 Å². The molecule has 1 amide bonds. The standard InChI is InChI=1S/C21H28N2O4S/c1-7-27-19-10-8-18(9-11-19)23(28(6,25)26)17(5)21(24)22-20-15(3)12-14(2)13-16(20)4/h8-13,17H,7H2,1-6H3,(H,22,24)/t17-/m0/s1. The first-order valence-electron chi connectivity index (χ1n) is 9.15. The Kier molecular flexibility index (Phi) is 6.72. The van der Waals surface area contributed by atoms with E-state index in [9.17, 15) is 13.2 Å². The number of benzene rings is 2. The van der Waals surface area contributed by atoms with Gasteiger partial charge in [0, 0.05) is 5.69 Å².